The van der Waals surface area contributed by atoms with Gasteiger partial charge in [0, 0.05) is 23.5 Å². The third-order valence-corrected chi connectivity index (χ3v) is 3.02. The fourth-order valence-electron chi connectivity index (χ4n) is 1.95. The number of hydrazone groups is 1. The summed E-state index contributed by atoms with van der Waals surface area (Å²) in [6.07, 6.45) is 6.30. The first-order valence-electron chi connectivity index (χ1n) is 6.67. The number of nitrogens with one attached hydrogen (secondary N) is 2. The van der Waals surface area contributed by atoms with Crippen LogP contribution in [0.3, 0.4) is 0 Å². The van der Waals surface area contributed by atoms with E-state index in [-0.39, 0.29) is 5.91 Å². The van der Waals surface area contributed by atoms with E-state index >= 15 is 0 Å². The summed E-state index contributed by atoms with van der Waals surface area (Å²) < 4.78 is 0. The van der Waals surface area contributed by atoms with Gasteiger partial charge in [-0.1, -0.05) is 30.3 Å². The van der Waals surface area contributed by atoms with Crippen molar-refractivity contribution >= 4 is 12.1 Å². The zero-order valence-corrected chi connectivity index (χ0v) is 11.6. The fourth-order valence-corrected chi connectivity index (χ4v) is 1.95. The molecule has 0 saturated carbocycles. The average Bonchev–Trinajstić information content (AvgIpc) is 3.05. The maximum Gasteiger partial charge on any atom is 0.272 e. The number of rotatable bonds is 4. The highest BCUT2D eigenvalue weighted by Gasteiger charge is 2.06. The van der Waals surface area contributed by atoms with E-state index in [0.717, 1.165) is 16.8 Å². The Morgan fingerprint density at radius 3 is 2.77 bits per heavy atom. The van der Waals surface area contributed by atoms with E-state index in [9.17, 15) is 4.79 Å². The number of aromatic amines is 1. The standard InChI is InChI=1S/C16H13N5O/c22-16(13-7-4-8-17-9-13)21-19-11-14-10-18-20-15(14)12-5-2-1-3-6-12/h1-11H,(H,18,20)(H,21,22)/b19-11+. The molecule has 2 N–H and O–H groups in total. The zero-order valence-electron chi connectivity index (χ0n) is 11.6. The first kappa shape index (κ1) is 13.7. The third kappa shape index (κ3) is 3.06. The zero-order chi connectivity index (χ0) is 15.2. The van der Waals surface area contributed by atoms with Gasteiger partial charge in [0.2, 0.25) is 0 Å². The number of benzene rings is 1. The highest BCUT2D eigenvalue weighted by molar-refractivity contribution is 5.95. The molecule has 2 aromatic heterocycles. The molecular weight excluding hydrogens is 278 g/mol. The Morgan fingerprint density at radius 2 is 2.00 bits per heavy atom. The molecule has 0 aliphatic carbocycles. The van der Waals surface area contributed by atoms with E-state index < -0.39 is 0 Å². The molecular formula is C16H13N5O. The minimum absolute atomic E-state index is 0.311. The molecule has 0 bridgehead atoms. The van der Waals surface area contributed by atoms with Crippen molar-refractivity contribution < 1.29 is 4.79 Å². The molecule has 3 aromatic rings. The van der Waals surface area contributed by atoms with Crippen LogP contribution in [0.25, 0.3) is 11.3 Å². The van der Waals surface area contributed by atoms with Crippen LogP contribution >= 0.6 is 0 Å². The quantitative estimate of drug-likeness (QED) is 0.571. The van der Waals surface area contributed by atoms with Gasteiger partial charge < -0.3 is 0 Å². The summed E-state index contributed by atoms with van der Waals surface area (Å²) in [5.74, 6) is -0.311. The van der Waals surface area contributed by atoms with E-state index in [4.69, 9.17) is 0 Å². The lowest BCUT2D eigenvalue weighted by molar-refractivity contribution is 0.0955. The summed E-state index contributed by atoms with van der Waals surface area (Å²) >= 11 is 0. The summed E-state index contributed by atoms with van der Waals surface area (Å²) in [6.45, 7) is 0. The van der Waals surface area contributed by atoms with E-state index in [2.05, 4.69) is 25.7 Å². The van der Waals surface area contributed by atoms with Gasteiger partial charge in [0.25, 0.3) is 5.91 Å². The molecule has 1 aromatic carbocycles. The lowest BCUT2D eigenvalue weighted by Crippen LogP contribution is -2.17. The van der Waals surface area contributed by atoms with Crippen molar-refractivity contribution in [3.63, 3.8) is 0 Å². The van der Waals surface area contributed by atoms with Crippen LogP contribution in [0.5, 0.6) is 0 Å². The van der Waals surface area contributed by atoms with Crippen molar-refractivity contribution in [3.8, 4) is 11.3 Å². The fraction of sp³-hybridized carbons (Fsp3) is 0. The molecule has 0 fully saturated rings. The van der Waals surface area contributed by atoms with Crippen LogP contribution in [0.1, 0.15) is 15.9 Å². The summed E-state index contributed by atoms with van der Waals surface area (Å²) in [5.41, 5.74) is 5.56. The Labute approximate surface area is 126 Å². The SMILES string of the molecule is O=C(N/N=C/c1cn[nH]c1-c1ccccc1)c1cccnc1. The van der Waals surface area contributed by atoms with Gasteiger partial charge in [-0.05, 0) is 12.1 Å². The highest BCUT2D eigenvalue weighted by Crippen LogP contribution is 2.18. The second-order valence-corrected chi connectivity index (χ2v) is 4.51. The van der Waals surface area contributed by atoms with Crippen LogP contribution < -0.4 is 5.43 Å². The van der Waals surface area contributed by atoms with Gasteiger partial charge in [0.1, 0.15) is 0 Å². The number of hydrogen-bond donors (Lipinski definition) is 2. The largest absolute Gasteiger partial charge is 0.277 e. The average molecular weight is 291 g/mol. The lowest BCUT2D eigenvalue weighted by Gasteiger charge is -2.00. The van der Waals surface area contributed by atoms with E-state index in [1.165, 1.54) is 6.20 Å². The van der Waals surface area contributed by atoms with E-state index in [0.29, 0.717) is 5.56 Å². The number of aromatic nitrogens is 3. The van der Waals surface area contributed by atoms with Crippen LogP contribution in [0, 0.1) is 0 Å². The van der Waals surface area contributed by atoms with Crippen molar-refractivity contribution in [1.29, 1.82) is 0 Å². The number of pyridine rings is 1. The maximum atomic E-state index is 11.8. The predicted octanol–water partition coefficient (Wildman–Crippen LogP) is 2.24. The van der Waals surface area contributed by atoms with Gasteiger partial charge in [0.15, 0.2) is 0 Å². The molecule has 2 heterocycles. The minimum Gasteiger partial charge on any atom is -0.277 e. The minimum atomic E-state index is -0.311. The van der Waals surface area contributed by atoms with Crippen molar-refractivity contribution in [2.75, 3.05) is 0 Å². The van der Waals surface area contributed by atoms with Gasteiger partial charge in [0.05, 0.1) is 23.7 Å². The highest BCUT2D eigenvalue weighted by atomic mass is 16.2. The summed E-state index contributed by atoms with van der Waals surface area (Å²) in [7, 11) is 0. The summed E-state index contributed by atoms with van der Waals surface area (Å²) in [6, 6.07) is 13.1. The van der Waals surface area contributed by atoms with Crippen LogP contribution in [-0.2, 0) is 0 Å². The van der Waals surface area contributed by atoms with E-state index in [1.807, 2.05) is 30.3 Å². The normalized spacial score (nSPS) is 10.7. The van der Waals surface area contributed by atoms with Crippen LogP contribution in [-0.4, -0.2) is 27.3 Å². The molecule has 6 nitrogen and oxygen atoms in total. The number of nitrogens with zero attached hydrogens (tertiary/aromatic N) is 3. The van der Waals surface area contributed by atoms with Gasteiger partial charge in [-0.25, -0.2) is 5.43 Å². The summed E-state index contributed by atoms with van der Waals surface area (Å²) in [5, 5.41) is 10.9. The second-order valence-electron chi connectivity index (χ2n) is 4.51. The van der Waals surface area contributed by atoms with Crippen molar-refractivity contribution in [1.82, 2.24) is 20.6 Å². The molecule has 3 rings (SSSR count). The van der Waals surface area contributed by atoms with Gasteiger partial charge in [-0.2, -0.15) is 10.2 Å². The molecule has 108 valence electrons. The molecule has 0 atom stereocenters. The Kier molecular flexibility index (Phi) is 4.01. The topological polar surface area (TPSA) is 83.0 Å². The Balaban J connectivity index is 1.72. The number of H-pyrrole nitrogens is 1. The molecule has 0 unspecified atom stereocenters. The first-order chi connectivity index (χ1) is 10.8. The van der Waals surface area contributed by atoms with Crippen molar-refractivity contribution in [2.24, 2.45) is 5.10 Å². The summed E-state index contributed by atoms with van der Waals surface area (Å²) in [4.78, 5) is 15.7. The lowest BCUT2D eigenvalue weighted by atomic mass is 10.1. The smallest absolute Gasteiger partial charge is 0.272 e. The molecule has 0 aliphatic rings. The Morgan fingerprint density at radius 1 is 1.14 bits per heavy atom. The van der Waals surface area contributed by atoms with Crippen molar-refractivity contribution in [3.05, 3.63) is 72.2 Å². The molecule has 22 heavy (non-hydrogen) atoms. The monoisotopic (exact) mass is 291 g/mol. The maximum absolute atomic E-state index is 11.8. The predicted molar refractivity (Wildman–Crippen MR) is 83.3 cm³/mol. The third-order valence-electron chi connectivity index (χ3n) is 3.02. The van der Waals surface area contributed by atoms with Crippen LogP contribution in [0.4, 0.5) is 0 Å². The van der Waals surface area contributed by atoms with Gasteiger partial charge in [-0.15, -0.1) is 0 Å². The molecule has 0 spiro atoms. The molecule has 0 aliphatic heterocycles. The van der Waals surface area contributed by atoms with Crippen LogP contribution in [0.2, 0.25) is 0 Å². The number of hydrogen-bond acceptors (Lipinski definition) is 4. The second kappa shape index (κ2) is 6.45. The van der Waals surface area contributed by atoms with E-state index in [1.54, 1.807) is 30.7 Å². The van der Waals surface area contributed by atoms with Crippen LogP contribution in [0.15, 0.2) is 66.2 Å². The first-order valence-corrected chi connectivity index (χ1v) is 6.67. The van der Waals surface area contributed by atoms with Gasteiger partial charge in [-0.3, -0.25) is 14.9 Å². The molecule has 1 amide bonds. The molecule has 0 saturated heterocycles. The Hall–Kier alpha value is -3.28. The molecule has 0 radical (unpaired) electrons. The number of carbonyl (C=O) groups is 1. The Bertz CT molecular complexity index is 781. The van der Waals surface area contributed by atoms with Gasteiger partial charge >= 0.3 is 0 Å². The number of carbonyl (C=O) groups excluding carboxylic acids is 1. The van der Waals surface area contributed by atoms with Crippen molar-refractivity contribution in [2.45, 2.75) is 0 Å². The number of amides is 1. The molecule has 6 heteroatoms.